The Labute approximate surface area is 159 Å². The van der Waals surface area contributed by atoms with Gasteiger partial charge in [0.1, 0.15) is 5.82 Å². The summed E-state index contributed by atoms with van der Waals surface area (Å²) in [6.07, 6.45) is 1.86. The highest BCUT2D eigenvalue weighted by molar-refractivity contribution is 7.71. The number of para-hydroxylation sites is 2. The molecule has 0 N–H and O–H groups in total. The van der Waals surface area contributed by atoms with E-state index in [-0.39, 0.29) is 0 Å². The third kappa shape index (κ3) is 3.15. The van der Waals surface area contributed by atoms with Crippen LogP contribution in [-0.4, -0.2) is 45.2 Å². The first kappa shape index (κ1) is 17.2. The molecule has 0 aliphatic carbocycles. The van der Waals surface area contributed by atoms with E-state index in [1.165, 1.54) is 11.0 Å². The zero-order valence-electron chi connectivity index (χ0n) is 15.4. The van der Waals surface area contributed by atoms with Crippen LogP contribution >= 0.6 is 12.2 Å². The molecule has 1 aliphatic heterocycles. The predicted octanol–water partition coefficient (Wildman–Crippen LogP) is 3.93. The van der Waals surface area contributed by atoms with Crippen LogP contribution in [0.1, 0.15) is 19.9 Å². The third-order valence-corrected chi connectivity index (χ3v) is 5.49. The van der Waals surface area contributed by atoms with E-state index in [9.17, 15) is 0 Å². The van der Waals surface area contributed by atoms with E-state index in [2.05, 4.69) is 74.2 Å². The molecule has 0 bridgehead atoms. The molecule has 4 rings (SSSR count). The molecule has 26 heavy (non-hydrogen) atoms. The first-order valence-electron chi connectivity index (χ1n) is 9.23. The van der Waals surface area contributed by atoms with Crippen LogP contribution in [-0.2, 0) is 6.67 Å². The van der Waals surface area contributed by atoms with Gasteiger partial charge in [0, 0.05) is 38.4 Å². The van der Waals surface area contributed by atoms with Gasteiger partial charge in [-0.05, 0) is 50.3 Å². The maximum atomic E-state index is 5.82. The Hall–Kier alpha value is -2.18. The molecule has 3 aromatic rings. The Kier molecular flexibility index (Phi) is 4.78. The van der Waals surface area contributed by atoms with Gasteiger partial charge in [0.15, 0.2) is 4.77 Å². The molecule has 1 aromatic carbocycles. The minimum Gasteiger partial charge on any atom is -0.354 e. The largest absolute Gasteiger partial charge is 0.354 e. The summed E-state index contributed by atoms with van der Waals surface area (Å²) in [5.41, 5.74) is 2.44. The molecule has 6 heteroatoms. The van der Waals surface area contributed by atoms with E-state index in [0.717, 1.165) is 43.4 Å². The molecule has 5 nitrogen and oxygen atoms in total. The lowest BCUT2D eigenvalue weighted by Crippen LogP contribution is -2.47. The van der Waals surface area contributed by atoms with Crippen molar-refractivity contribution in [3.63, 3.8) is 0 Å². The van der Waals surface area contributed by atoms with E-state index >= 15 is 0 Å². The summed E-state index contributed by atoms with van der Waals surface area (Å²) in [4.78, 5) is 9.30. The van der Waals surface area contributed by atoms with Crippen molar-refractivity contribution < 1.29 is 0 Å². The molecule has 0 saturated carbocycles. The van der Waals surface area contributed by atoms with Gasteiger partial charge in [-0.3, -0.25) is 4.90 Å². The number of anilines is 1. The van der Waals surface area contributed by atoms with E-state index in [1.807, 2.05) is 12.3 Å². The Morgan fingerprint density at radius 1 is 0.962 bits per heavy atom. The number of hydrogen-bond acceptors (Lipinski definition) is 4. The van der Waals surface area contributed by atoms with Crippen molar-refractivity contribution >= 4 is 29.1 Å². The molecule has 0 radical (unpaired) electrons. The van der Waals surface area contributed by atoms with Gasteiger partial charge in [-0.1, -0.05) is 18.2 Å². The quantitative estimate of drug-likeness (QED) is 0.654. The highest BCUT2D eigenvalue weighted by Crippen LogP contribution is 2.23. The van der Waals surface area contributed by atoms with Gasteiger partial charge in [-0.15, -0.1) is 0 Å². The zero-order chi connectivity index (χ0) is 18.1. The van der Waals surface area contributed by atoms with E-state index in [0.29, 0.717) is 6.04 Å². The molecule has 1 fully saturated rings. The number of imidazole rings is 1. The Morgan fingerprint density at radius 3 is 2.31 bits per heavy atom. The number of aromatic nitrogens is 3. The van der Waals surface area contributed by atoms with E-state index < -0.39 is 0 Å². The van der Waals surface area contributed by atoms with Crippen LogP contribution in [0.25, 0.3) is 11.0 Å². The van der Waals surface area contributed by atoms with Crippen molar-refractivity contribution in [2.45, 2.75) is 26.6 Å². The van der Waals surface area contributed by atoms with Crippen LogP contribution in [0.3, 0.4) is 0 Å². The molecule has 0 atom stereocenters. The first-order chi connectivity index (χ1) is 12.6. The SMILES string of the molecule is CC(C)n1c(=S)n(CN2CCN(c3ccccn3)CC2)c2ccccc21. The number of fused-ring (bicyclic) bond motifs is 1. The molecular formula is C20H25N5S. The Balaban J connectivity index is 1.54. The summed E-state index contributed by atoms with van der Waals surface area (Å²) in [5.74, 6) is 1.07. The fourth-order valence-electron chi connectivity index (χ4n) is 3.73. The fraction of sp³-hybridized carbons (Fsp3) is 0.400. The predicted molar refractivity (Wildman–Crippen MR) is 109 cm³/mol. The molecule has 2 aromatic heterocycles. The molecule has 1 saturated heterocycles. The average molecular weight is 368 g/mol. The number of rotatable bonds is 4. The van der Waals surface area contributed by atoms with Crippen LogP contribution in [0, 0.1) is 4.77 Å². The van der Waals surface area contributed by atoms with Gasteiger partial charge in [0.25, 0.3) is 0 Å². The van der Waals surface area contributed by atoms with Gasteiger partial charge in [0.2, 0.25) is 0 Å². The number of piperazine rings is 1. The molecule has 0 amide bonds. The van der Waals surface area contributed by atoms with Crippen molar-refractivity contribution in [1.82, 2.24) is 19.0 Å². The second-order valence-electron chi connectivity index (χ2n) is 7.10. The van der Waals surface area contributed by atoms with Crippen molar-refractivity contribution in [2.24, 2.45) is 0 Å². The lowest BCUT2D eigenvalue weighted by Gasteiger charge is -2.35. The van der Waals surface area contributed by atoms with E-state index in [4.69, 9.17) is 12.2 Å². The van der Waals surface area contributed by atoms with Crippen LogP contribution in [0.4, 0.5) is 5.82 Å². The van der Waals surface area contributed by atoms with Gasteiger partial charge in [-0.2, -0.15) is 0 Å². The molecule has 0 spiro atoms. The smallest absolute Gasteiger partial charge is 0.182 e. The third-order valence-electron chi connectivity index (χ3n) is 5.07. The lowest BCUT2D eigenvalue weighted by molar-refractivity contribution is 0.206. The highest BCUT2D eigenvalue weighted by atomic mass is 32.1. The summed E-state index contributed by atoms with van der Waals surface area (Å²) in [7, 11) is 0. The van der Waals surface area contributed by atoms with Crippen molar-refractivity contribution in [1.29, 1.82) is 0 Å². The van der Waals surface area contributed by atoms with Crippen LogP contribution < -0.4 is 4.90 Å². The maximum absolute atomic E-state index is 5.82. The Morgan fingerprint density at radius 2 is 1.65 bits per heavy atom. The second-order valence-corrected chi connectivity index (χ2v) is 7.46. The van der Waals surface area contributed by atoms with Crippen LogP contribution in [0.2, 0.25) is 0 Å². The van der Waals surface area contributed by atoms with Crippen LogP contribution in [0.15, 0.2) is 48.7 Å². The van der Waals surface area contributed by atoms with Crippen LogP contribution in [0.5, 0.6) is 0 Å². The number of hydrogen-bond donors (Lipinski definition) is 0. The zero-order valence-corrected chi connectivity index (χ0v) is 16.2. The van der Waals surface area contributed by atoms with Gasteiger partial charge in [0.05, 0.1) is 17.7 Å². The minimum atomic E-state index is 0.356. The normalized spacial score (nSPS) is 15.9. The maximum Gasteiger partial charge on any atom is 0.182 e. The highest BCUT2D eigenvalue weighted by Gasteiger charge is 2.20. The van der Waals surface area contributed by atoms with Gasteiger partial charge >= 0.3 is 0 Å². The summed E-state index contributed by atoms with van der Waals surface area (Å²) in [5, 5.41) is 0. The molecular weight excluding hydrogens is 342 g/mol. The number of pyridine rings is 1. The Bertz CT molecular complexity index is 936. The number of nitrogens with zero attached hydrogens (tertiary/aromatic N) is 5. The standard InChI is InChI=1S/C20H25N5S/c1-16(2)25-18-8-4-3-7-17(18)24(20(25)26)15-22-11-13-23(14-12-22)19-9-5-6-10-21-19/h3-10,16H,11-15H2,1-2H3. The topological polar surface area (TPSA) is 29.2 Å². The summed E-state index contributed by atoms with van der Waals surface area (Å²) < 4.78 is 5.45. The fourth-order valence-corrected chi connectivity index (χ4v) is 4.19. The summed E-state index contributed by atoms with van der Waals surface area (Å²) >= 11 is 5.82. The number of benzene rings is 1. The van der Waals surface area contributed by atoms with E-state index in [1.54, 1.807) is 0 Å². The second kappa shape index (κ2) is 7.21. The van der Waals surface area contributed by atoms with Crippen molar-refractivity contribution in [3.8, 4) is 0 Å². The molecule has 136 valence electrons. The minimum absolute atomic E-state index is 0.356. The van der Waals surface area contributed by atoms with Crippen molar-refractivity contribution in [3.05, 3.63) is 53.4 Å². The van der Waals surface area contributed by atoms with Gasteiger partial charge < -0.3 is 14.0 Å². The first-order valence-corrected chi connectivity index (χ1v) is 9.64. The van der Waals surface area contributed by atoms with Gasteiger partial charge in [-0.25, -0.2) is 4.98 Å². The monoisotopic (exact) mass is 367 g/mol. The summed E-state index contributed by atoms with van der Waals surface area (Å²) in [6.45, 7) is 9.24. The average Bonchev–Trinajstić information content (AvgIpc) is 2.95. The molecule has 3 heterocycles. The molecule has 1 aliphatic rings. The van der Waals surface area contributed by atoms with Crippen molar-refractivity contribution in [2.75, 3.05) is 31.1 Å². The molecule has 0 unspecified atom stereocenters. The lowest BCUT2D eigenvalue weighted by atomic mass is 10.3. The summed E-state index contributed by atoms with van der Waals surface area (Å²) in [6, 6.07) is 15.0.